The Morgan fingerprint density at radius 1 is 1.18 bits per heavy atom. The van der Waals surface area contributed by atoms with Gasteiger partial charge >= 0.3 is 6.18 Å². The highest BCUT2D eigenvalue weighted by Crippen LogP contribution is 2.29. The number of amides is 2. The number of hydrogen-bond acceptors (Lipinski definition) is 4. The van der Waals surface area contributed by atoms with Crippen LogP contribution < -0.4 is 5.32 Å². The Kier molecular flexibility index (Phi) is 5.68. The molecule has 10 heteroatoms. The summed E-state index contributed by atoms with van der Waals surface area (Å²) in [5.41, 5.74) is 0.313. The predicted molar refractivity (Wildman–Crippen MR) is 93.8 cm³/mol. The second-order valence-corrected chi connectivity index (χ2v) is 6.36. The molecule has 28 heavy (non-hydrogen) atoms. The Hall–Kier alpha value is -2.88. The minimum atomic E-state index is -4.43. The highest BCUT2D eigenvalue weighted by molar-refractivity contribution is 5.93. The summed E-state index contributed by atoms with van der Waals surface area (Å²) in [6, 6.07) is 5.76. The lowest BCUT2D eigenvalue weighted by atomic mass is 10.2. The first-order chi connectivity index (χ1) is 13.2. The summed E-state index contributed by atoms with van der Waals surface area (Å²) in [7, 11) is 0. The van der Waals surface area contributed by atoms with Crippen LogP contribution in [0.4, 0.5) is 18.9 Å². The largest absolute Gasteiger partial charge is 0.416 e. The van der Waals surface area contributed by atoms with E-state index in [2.05, 4.69) is 10.4 Å². The van der Waals surface area contributed by atoms with Crippen molar-refractivity contribution >= 4 is 17.5 Å². The molecule has 0 spiro atoms. The van der Waals surface area contributed by atoms with E-state index >= 15 is 0 Å². The number of alkyl halides is 3. The smallest absolute Gasteiger partial charge is 0.378 e. The first-order valence-corrected chi connectivity index (χ1v) is 8.62. The molecular formula is C18H19F3N4O3. The molecule has 0 radical (unpaired) electrons. The number of carbonyl (C=O) groups excluding carboxylic acids is 2. The third kappa shape index (κ3) is 4.69. The second-order valence-electron chi connectivity index (χ2n) is 6.36. The van der Waals surface area contributed by atoms with Crippen molar-refractivity contribution in [3.63, 3.8) is 0 Å². The van der Waals surface area contributed by atoms with E-state index < -0.39 is 17.6 Å². The van der Waals surface area contributed by atoms with Crippen LogP contribution in [0.25, 0.3) is 0 Å². The van der Waals surface area contributed by atoms with Gasteiger partial charge in [0, 0.05) is 24.5 Å². The summed E-state index contributed by atoms with van der Waals surface area (Å²) in [6.07, 6.45) is -4.43. The van der Waals surface area contributed by atoms with E-state index in [1.807, 2.05) is 0 Å². The summed E-state index contributed by atoms with van der Waals surface area (Å²) >= 11 is 0. The summed E-state index contributed by atoms with van der Waals surface area (Å²) in [6.45, 7) is 3.47. The monoisotopic (exact) mass is 396 g/mol. The lowest BCUT2D eigenvalue weighted by Gasteiger charge is -2.25. The zero-order chi connectivity index (χ0) is 20.3. The molecule has 1 aromatic carbocycles. The van der Waals surface area contributed by atoms with Crippen LogP contribution >= 0.6 is 0 Å². The molecule has 1 N–H and O–H groups in total. The van der Waals surface area contributed by atoms with E-state index in [1.165, 1.54) is 16.8 Å². The highest BCUT2D eigenvalue weighted by Gasteiger charge is 2.30. The molecule has 1 fully saturated rings. The number of rotatable bonds is 4. The molecule has 3 rings (SSSR count). The van der Waals surface area contributed by atoms with Crippen molar-refractivity contribution in [1.29, 1.82) is 0 Å². The first-order valence-electron chi connectivity index (χ1n) is 8.62. The van der Waals surface area contributed by atoms with Gasteiger partial charge in [-0.05, 0) is 37.3 Å². The van der Waals surface area contributed by atoms with Crippen LogP contribution in [0.3, 0.4) is 0 Å². The maximum absolute atomic E-state index is 12.6. The number of anilines is 1. The van der Waals surface area contributed by atoms with Crippen molar-refractivity contribution in [2.75, 3.05) is 31.6 Å². The molecule has 1 aliphatic heterocycles. The summed E-state index contributed by atoms with van der Waals surface area (Å²) in [5.74, 6) is -0.690. The molecule has 150 valence electrons. The number of ether oxygens (including phenoxy) is 1. The van der Waals surface area contributed by atoms with Gasteiger partial charge in [0.15, 0.2) is 5.69 Å². The normalized spacial score (nSPS) is 14.8. The molecule has 2 amide bonds. The number of benzene rings is 1. The van der Waals surface area contributed by atoms with E-state index in [0.717, 1.165) is 12.1 Å². The molecule has 1 saturated heterocycles. The minimum Gasteiger partial charge on any atom is -0.378 e. The Bertz CT molecular complexity index is 856. The van der Waals surface area contributed by atoms with Crippen LogP contribution in [0.5, 0.6) is 0 Å². The van der Waals surface area contributed by atoms with Crippen LogP contribution in [-0.2, 0) is 22.3 Å². The Labute approximate surface area is 159 Å². The van der Waals surface area contributed by atoms with E-state index in [4.69, 9.17) is 4.74 Å². The molecule has 0 saturated carbocycles. The summed E-state index contributed by atoms with van der Waals surface area (Å²) < 4.78 is 44.3. The van der Waals surface area contributed by atoms with Crippen molar-refractivity contribution < 1.29 is 27.5 Å². The van der Waals surface area contributed by atoms with E-state index in [-0.39, 0.29) is 23.8 Å². The lowest BCUT2D eigenvalue weighted by Crippen LogP contribution is -2.40. The average Bonchev–Trinajstić information content (AvgIpc) is 3.02. The minimum absolute atomic E-state index is 0.163. The van der Waals surface area contributed by atoms with Crippen LogP contribution in [-0.4, -0.2) is 52.8 Å². The topological polar surface area (TPSA) is 76.5 Å². The summed E-state index contributed by atoms with van der Waals surface area (Å²) in [5, 5.41) is 6.71. The fourth-order valence-electron chi connectivity index (χ4n) is 2.78. The number of nitrogens with zero attached hydrogens (tertiary/aromatic N) is 3. The number of morpholine rings is 1. The van der Waals surface area contributed by atoms with Gasteiger partial charge in [-0.25, -0.2) is 0 Å². The van der Waals surface area contributed by atoms with E-state index in [1.54, 1.807) is 17.9 Å². The van der Waals surface area contributed by atoms with Crippen molar-refractivity contribution in [2.24, 2.45) is 0 Å². The second kappa shape index (κ2) is 8.01. The van der Waals surface area contributed by atoms with E-state index in [9.17, 15) is 22.8 Å². The maximum atomic E-state index is 12.6. The fourth-order valence-corrected chi connectivity index (χ4v) is 2.78. The molecule has 0 bridgehead atoms. The molecule has 1 aliphatic rings. The van der Waals surface area contributed by atoms with Crippen molar-refractivity contribution in [2.45, 2.75) is 19.6 Å². The molecule has 0 atom stereocenters. The highest BCUT2D eigenvalue weighted by atomic mass is 19.4. The first kappa shape index (κ1) is 19.9. The van der Waals surface area contributed by atoms with Crippen LogP contribution in [0.1, 0.15) is 21.7 Å². The third-order valence-electron chi connectivity index (χ3n) is 4.29. The van der Waals surface area contributed by atoms with Gasteiger partial charge in [-0.3, -0.25) is 14.3 Å². The van der Waals surface area contributed by atoms with Crippen LogP contribution in [0, 0.1) is 6.92 Å². The number of aromatic nitrogens is 2. The number of nitrogens with one attached hydrogen (secondary N) is 1. The predicted octanol–water partition coefficient (Wildman–Crippen LogP) is 2.32. The van der Waals surface area contributed by atoms with Gasteiger partial charge in [0.05, 0.1) is 18.8 Å². The lowest BCUT2D eigenvalue weighted by molar-refractivity contribution is -0.137. The van der Waals surface area contributed by atoms with Gasteiger partial charge in [0.25, 0.3) is 5.91 Å². The molecule has 2 heterocycles. The molecule has 7 nitrogen and oxygen atoms in total. The van der Waals surface area contributed by atoms with Gasteiger partial charge in [-0.1, -0.05) is 0 Å². The van der Waals surface area contributed by atoms with Crippen molar-refractivity contribution in [3.05, 3.63) is 47.3 Å². The molecular weight excluding hydrogens is 377 g/mol. The van der Waals surface area contributed by atoms with Crippen molar-refractivity contribution in [1.82, 2.24) is 14.7 Å². The fraction of sp³-hybridized carbons (Fsp3) is 0.389. The van der Waals surface area contributed by atoms with E-state index in [0.29, 0.717) is 32.0 Å². The molecule has 0 aliphatic carbocycles. The Morgan fingerprint density at radius 2 is 1.82 bits per heavy atom. The standard InChI is InChI=1S/C18H19F3N4O3/c1-12-10-15(17(27)24-6-8-28-9-7-24)23-25(12)11-16(26)22-14-4-2-13(3-5-14)18(19,20)21/h2-5,10H,6-9,11H2,1H3,(H,22,26). The van der Waals surface area contributed by atoms with Gasteiger partial charge in [0.1, 0.15) is 6.54 Å². The average molecular weight is 396 g/mol. The van der Waals surface area contributed by atoms with Gasteiger partial charge in [0.2, 0.25) is 5.91 Å². The Morgan fingerprint density at radius 3 is 2.43 bits per heavy atom. The molecule has 1 aromatic heterocycles. The SMILES string of the molecule is Cc1cc(C(=O)N2CCOCC2)nn1CC(=O)Nc1ccc(C(F)(F)F)cc1. The summed E-state index contributed by atoms with van der Waals surface area (Å²) in [4.78, 5) is 26.3. The number of halogens is 3. The quantitative estimate of drug-likeness (QED) is 0.861. The number of carbonyl (C=O) groups is 2. The van der Waals surface area contributed by atoms with Gasteiger partial charge in [-0.2, -0.15) is 18.3 Å². The number of aryl methyl sites for hydroxylation is 1. The number of hydrogen-bond donors (Lipinski definition) is 1. The van der Waals surface area contributed by atoms with Crippen LogP contribution in [0.2, 0.25) is 0 Å². The van der Waals surface area contributed by atoms with Crippen molar-refractivity contribution in [3.8, 4) is 0 Å². The molecule has 0 unspecified atom stereocenters. The zero-order valence-corrected chi connectivity index (χ0v) is 15.1. The van der Waals surface area contributed by atoms with Crippen LogP contribution in [0.15, 0.2) is 30.3 Å². The van der Waals surface area contributed by atoms with Gasteiger partial charge < -0.3 is 15.0 Å². The Balaban J connectivity index is 1.62. The zero-order valence-electron chi connectivity index (χ0n) is 15.1. The third-order valence-corrected chi connectivity index (χ3v) is 4.29. The maximum Gasteiger partial charge on any atom is 0.416 e. The van der Waals surface area contributed by atoms with Gasteiger partial charge in [-0.15, -0.1) is 0 Å². The molecule has 2 aromatic rings.